The summed E-state index contributed by atoms with van der Waals surface area (Å²) >= 11 is 2.27. The Kier molecular flexibility index (Phi) is 7.17. The van der Waals surface area contributed by atoms with E-state index in [-0.39, 0.29) is 17.3 Å². The van der Waals surface area contributed by atoms with Crippen LogP contribution < -0.4 is 4.74 Å². The van der Waals surface area contributed by atoms with Gasteiger partial charge in [-0.25, -0.2) is 9.97 Å². The number of benzene rings is 1. The summed E-state index contributed by atoms with van der Waals surface area (Å²) in [5.41, 5.74) is 4.35. The normalized spacial score (nSPS) is 18.2. The summed E-state index contributed by atoms with van der Waals surface area (Å²) in [6, 6.07) is 8.11. The van der Waals surface area contributed by atoms with Crippen LogP contribution in [0.15, 0.2) is 36.5 Å². The van der Waals surface area contributed by atoms with Crippen molar-refractivity contribution in [2.45, 2.75) is 65.4 Å². The van der Waals surface area contributed by atoms with Crippen LogP contribution >= 0.6 is 22.6 Å². The summed E-state index contributed by atoms with van der Waals surface area (Å²) < 4.78 is 12.2. The van der Waals surface area contributed by atoms with Crippen LogP contribution in [0.25, 0.3) is 5.57 Å². The van der Waals surface area contributed by atoms with Gasteiger partial charge >= 0.3 is 5.97 Å². The standard InChI is InChI=1S/C26H31IN2O3/c1-4-31-23(30)14-21(17-10-11-17)18-7-5-8-20(13-18)32-16-19-15-28-25(27)24(29-19)22-9-6-12-26(22,2)3/h5,7-9,13,15,17,21H,4,6,10-12,14,16H2,1-3H3. The summed E-state index contributed by atoms with van der Waals surface area (Å²) in [5, 5.41) is 0. The van der Waals surface area contributed by atoms with E-state index in [1.807, 2.05) is 19.1 Å². The van der Waals surface area contributed by atoms with E-state index >= 15 is 0 Å². The van der Waals surface area contributed by atoms with Gasteiger partial charge in [-0.1, -0.05) is 32.1 Å². The van der Waals surface area contributed by atoms with E-state index in [4.69, 9.17) is 14.5 Å². The number of carbonyl (C=O) groups is 1. The quantitative estimate of drug-likeness (QED) is 0.273. The molecule has 1 atom stereocenters. The molecule has 0 radical (unpaired) electrons. The predicted molar refractivity (Wildman–Crippen MR) is 133 cm³/mol. The first-order chi connectivity index (χ1) is 15.4. The van der Waals surface area contributed by atoms with Gasteiger partial charge in [0.25, 0.3) is 0 Å². The van der Waals surface area contributed by atoms with Crippen molar-refractivity contribution in [1.82, 2.24) is 9.97 Å². The highest BCUT2D eigenvalue weighted by molar-refractivity contribution is 14.1. The molecule has 170 valence electrons. The van der Waals surface area contributed by atoms with Crippen LogP contribution in [0.2, 0.25) is 0 Å². The van der Waals surface area contributed by atoms with E-state index in [0.717, 1.165) is 39.2 Å². The lowest BCUT2D eigenvalue weighted by Crippen LogP contribution is -2.13. The van der Waals surface area contributed by atoms with Crippen LogP contribution in [0.3, 0.4) is 0 Å². The van der Waals surface area contributed by atoms with Crippen molar-refractivity contribution < 1.29 is 14.3 Å². The molecule has 4 rings (SSSR count). The smallest absolute Gasteiger partial charge is 0.306 e. The van der Waals surface area contributed by atoms with Crippen molar-refractivity contribution >= 4 is 34.1 Å². The molecule has 6 heteroatoms. The molecule has 1 unspecified atom stereocenters. The lowest BCUT2D eigenvalue weighted by atomic mass is 9.84. The third-order valence-electron chi connectivity index (χ3n) is 6.44. The largest absolute Gasteiger partial charge is 0.487 e. The second-order valence-corrected chi connectivity index (χ2v) is 10.4. The van der Waals surface area contributed by atoms with Gasteiger partial charge in [0.2, 0.25) is 0 Å². The van der Waals surface area contributed by atoms with Crippen molar-refractivity contribution in [3.05, 3.63) is 57.2 Å². The molecule has 0 spiro atoms. The molecule has 0 saturated heterocycles. The second kappa shape index (κ2) is 9.89. The Hall–Kier alpha value is -1.96. The third kappa shape index (κ3) is 5.50. The minimum atomic E-state index is -0.124. The third-order valence-corrected chi connectivity index (χ3v) is 7.23. The van der Waals surface area contributed by atoms with Crippen molar-refractivity contribution in [1.29, 1.82) is 0 Å². The number of aromatic nitrogens is 2. The van der Waals surface area contributed by atoms with Crippen LogP contribution in [-0.4, -0.2) is 22.5 Å². The summed E-state index contributed by atoms with van der Waals surface area (Å²) in [6.45, 7) is 7.17. The number of rotatable bonds is 9. The van der Waals surface area contributed by atoms with Crippen LogP contribution in [0.4, 0.5) is 0 Å². The molecule has 0 amide bonds. The highest BCUT2D eigenvalue weighted by Crippen LogP contribution is 2.46. The molecule has 0 N–H and O–H groups in total. The lowest BCUT2D eigenvalue weighted by molar-refractivity contribution is -0.143. The van der Waals surface area contributed by atoms with Gasteiger partial charge < -0.3 is 9.47 Å². The Morgan fingerprint density at radius 1 is 1.31 bits per heavy atom. The maximum atomic E-state index is 12.1. The van der Waals surface area contributed by atoms with Gasteiger partial charge in [0.1, 0.15) is 16.1 Å². The highest BCUT2D eigenvalue weighted by Gasteiger charge is 2.34. The highest BCUT2D eigenvalue weighted by atomic mass is 127. The first-order valence-corrected chi connectivity index (χ1v) is 12.6. The number of ether oxygens (including phenoxy) is 2. The van der Waals surface area contributed by atoms with Gasteiger partial charge in [0.15, 0.2) is 0 Å². The number of nitrogens with zero attached hydrogens (tertiary/aromatic N) is 2. The Labute approximate surface area is 204 Å². The molecule has 1 fully saturated rings. The molecular formula is C26H31IN2O3. The number of esters is 1. The summed E-state index contributed by atoms with van der Waals surface area (Å²) in [7, 11) is 0. The van der Waals surface area contributed by atoms with Crippen LogP contribution in [-0.2, 0) is 16.1 Å². The zero-order chi connectivity index (χ0) is 22.7. The fourth-order valence-corrected chi connectivity index (χ4v) is 5.05. The van der Waals surface area contributed by atoms with Crippen LogP contribution in [0, 0.1) is 15.0 Å². The molecule has 1 heterocycles. The molecule has 2 aliphatic rings. The molecular weight excluding hydrogens is 515 g/mol. The van der Waals surface area contributed by atoms with E-state index in [1.54, 1.807) is 6.20 Å². The van der Waals surface area contributed by atoms with Crippen molar-refractivity contribution in [2.24, 2.45) is 11.3 Å². The maximum Gasteiger partial charge on any atom is 0.306 e. The molecule has 2 aliphatic carbocycles. The average Bonchev–Trinajstić information content (AvgIpc) is 3.54. The number of hydrogen-bond donors (Lipinski definition) is 0. The number of allylic oxidation sites excluding steroid dienone is 2. The summed E-state index contributed by atoms with van der Waals surface area (Å²) in [4.78, 5) is 21.6. The van der Waals surface area contributed by atoms with Gasteiger partial charge in [0.05, 0.1) is 30.6 Å². The van der Waals surface area contributed by atoms with E-state index in [9.17, 15) is 4.79 Å². The van der Waals surface area contributed by atoms with Crippen LogP contribution in [0.1, 0.15) is 75.7 Å². The zero-order valence-corrected chi connectivity index (χ0v) is 21.2. The molecule has 1 saturated carbocycles. The molecule has 2 aromatic rings. The maximum absolute atomic E-state index is 12.1. The lowest BCUT2D eigenvalue weighted by Gasteiger charge is -2.22. The summed E-state index contributed by atoms with van der Waals surface area (Å²) in [6.07, 6.45) is 9.08. The topological polar surface area (TPSA) is 61.3 Å². The van der Waals surface area contributed by atoms with E-state index in [2.05, 4.69) is 59.6 Å². The average molecular weight is 546 g/mol. The fraction of sp³-hybridized carbons (Fsp3) is 0.500. The Morgan fingerprint density at radius 2 is 2.12 bits per heavy atom. The first kappa shape index (κ1) is 23.2. The van der Waals surface area contributed by atoms with Gasteiger partial charge in [-0.3, -0.25) is 4.79 Å². The Bertz CT molecular complexity index is 1010. The second-order valence-electron chi connectivity index (χ2n) is 9.36. The molecule has 5 nitrogen and oxygen atoms in total. The molecule has 0 bridgehead atoms. The Balaban J connectivity index is 1.47. The van der Waals surface area contributed by atoms with E-state index in [1.165, 1.54) is 18.4 Å². The van der Waals surface area contributed by atoms with E-state index < -0.39 is 0 Å². The van der Waals surface area contributed by atoms with Crippen LogP contribution in [0.5, 0.6) is 5.75 Å². The molecule has 32 heavy (non-hydrogen) atoms. The number of hydrogen-bond acceptors (Lipinski definition) is 5. The zero-order valence-electron chi connectivity index (χ0n) is 19.1. The minimum absolute atomic E-state index is 0.124. The molecule has 0 aliphatic heterocycles. The fourth-order valence-electron chi connectivity index (χ4n) is 4.50. The van der Waals surface area contributed by atoms with Gasteiger partial charge in [0, 0.05) is 0 Å². The van der Waals surface area contributed by atoms with Crippen molar-refractivity contribution in [3.63, 3.8) is 0 Å². The monoisotopic (exact) mass is 546 g/mol. The summed E-state index contributed by atoms with van der Waals surface area (Å²) in [5.74, 6) is 1.42. The number of halogens is 1. The molecule has 1 aromatic carbocycles. The first-order valence-electron chi connectivity index (χ1n) is 11.5. The number of carbonyl (C=O) groups excluding carboxylic acids is 1. The van der Waals surface area contributed by atoms with Gasteiger partial charge in [-0.15, -0.1) is 0 Å². The van der Waals surface area contributed by atoms with Crippen molar-refractivity contribution in [2.75, 3.05) is 6.61 Å². The van der Waals surface area contributed by atoms with Gasteiger partial charge in [-0.05, 0) is 95.7 Å². The SMILES string of the molecule is CCOC(=O)CC(c1cccc(OCc2cnc(I)c(C3=CCCC3(C)C)n2)c1)C1CC1. The molecule has 1 aromatic heterocycles. The van der Waals surface area contributed by atoms with Crippen molar-refractivity contribution in [3.8, 4) is 5.75 Å². The van der Waals surface area contributed by atoms with E-state index in [0.29, 0.717) is 25.6 Å². The Morgan fingerprint density at radius 3 is 2.81 bits per heavy atom. The predicted octanol–water partition coefficient (Wildman–Crippen LogP) is 6.31. The minimum Gasteiger partial charge on any atom is -0.487 e. The van der Waals surface area contributed by atoms with Gasteiger partial charge in [-0.2, -0.15) is 0 Å².